The molecule has 0 N–H and O–H groups in total. The van der Waals surface area contributed by atoms with E-state index < -0.39 is 5.97 Å². The molecule has 0 radical (unpaired) electrons. The largest absolute Gasteiger partial charge is 0.489 e. The quantitative estimate of drug-likeness (QED) is 0.226. The lowest BCUT2D eigenvalue weighted by Gasteiger charge is -2.29. The minimum atomic E-state index is -0.487. The lowest BCUT2D eigenvalue weighted by atomic mass is 10.0. The van der Waals surface area contributed by atoms with Gasteiger partial charge in [-0.05, 0) is 67.3 Å². The molecule has 39 heavy (non-hydrogen) atoms. The first-order valence-corrected chi connectivity index (χ1v) is 13.3. The minimum Gasteiger partial charge on any atom is -0.489 e. The zero-order valence-electron chi connectivity index (χ0n) is 20.9. The molecule has 3 heterocycles. The number of amides is 1. The third kappa shape index (κ3) is 4.86. The van der Waals surface area contributed by atoms with Crippen molar-refractivity contribution < 1.29 is 23.6 Å². The first kappa shape index (κ1) is 25.4. The van der Waals surface area contributed by atoms with E-state index in [0.717, 1.165) is 35.4 Å². The van der Waals surface area contributed by atoms with Gasteiger partial charge in [0.1, 0.15) is 29.6 Å². The monoisotopic (exact) mass is 563 g/mol. The SMILES string of the molecule is COC(=O)c1ccc(N2C(=O)CCc3cc(OCc4c(-c5c(Cl)cccc5Cl)noc4C4CC4)ccc32)nc1. The fourth-order valence-electron chi connectivity index (χ4n) is 4.77. The summed E-state index contributed by atoms with van der Waals surface area (Å²) in [6.45, 7) is 0.226. The first-order chi connectivity index (χ1) is 18.9. The van der Waals surface area contributed by atoms with E-state index in [1.807, 2.05) is 18.2 Å². The van der Waals surface area contributed by atoms with E-state index in [-0.39, 0.29) is 12.5 Å². The molecular formula is C29H23Cl2N3O5. The summed E-state index contributed by atoms with van der Waals surface area (Å²) >= 11 is 13.0. The molecule has 0 bridgehead atoms. The standard InChI is InChI=1S/C29H23Cl2N3O5/c1-37-29(36)18-7-11-24(32-14-18)34-23-10-9-19(13-17(23)8-12-25(34)35)38-15-20-27(33-39-28(20)16-5-6-16)26-21(30)3-2-4-22(26)31/h2-4,7,9-11,13-14,16H,5-6,8,12,15H2,1H3. The average molecular weight is 564 g/mol. The van der Waals surface area contributed by atoms with Crippen LogP contribution in [0.15, 0.2) is 59.3 Å². The summed E-state index contributed by atoms with van der Waals surface area (Å²) in [7, 11) is 1.31. The average Bonchev–Trinajstić information content (AvgIpc) is 3.71. The lowest BCUT2D eigenvalue weighted by Crippen LogP contribution is -2.31. The molecule has 1 aliphatic carbocycles. The molecule has 1 fully saturated rings. The number of halogens is 2. The van der Waals surface area contributed by atoms with E-state index >= 15 is 0 Å². The molecule has 2 aliphatic rings. The summed E-state index contributed by atoms with van der Waals surface area (Å²) < 4.78 is 16.7. The van der Waals surface area contributed by atoms with Crippen LogP contribution in [0.5, 0.6) is 5.75 Å². The zero-order chi connectivity index (χ0) is 27.1. The number of esters is 1. The van der Waals surface area contributed by atoms with Crippen molar-refractivity contribution in [3.8, 4) is 17.0 Å². The second-order valence-corrected chi connectivity index (χ2v) is 10.3. The van der Waals surface area contributed by atoms with Crippen molar-refractivity contribution in [2.75, 3.05) is 12.0 Å². The number of carbonyl (C=O) groups is 2. The van der Waals surface area contributed by atoms with Crippen molar-refractivity contribution >= 4 is 46.6 Å². The lowest BCUT2D eigenvalue weighted by molar-refractivity contribution is -0.118. The molecule has 0 spiro atoms. The number of carbonyl (C=O) groups excluding carboxylic acids is 2. The van der Waals surface area contributed by atoms with Crippen LogP contribution in [0, 0.1) is 0 Å². The van der Waals surface area contributed by atoms with E-state index in [0.29, 0.717) is 57.2 Å². The third-order valence-electron chi connectivity index (χ3n) is 6.90. The van der Waals surface area contributed by atoms with Gasteiger partial charge in [-0.1, -0.05) is 34.4 Å². The number of nitrogens with zero attached hydrogens (tertiary/aromatic N) is 3. The van der Waals surface area contributed by atoms with E-state index in [1.165, 1.54) is 13.3 Å². The van der Waals surface area contributed by atoms with Crippen LogP contribution < -0.4 is 9.64 Å². The van der Waals surface area contributed by atoms with Gasteiger partial charge in [-0.15, -0.1) is 0 Å². The van der Waals surface area contributed by atoms with Crippen molar-refractivity contribution in [2.24, 2.45) is 0 Å². The normalized spacial score (nSPS) is 14.7. The topological polar surface area (TPSA) is 94.8 Å². The maximum absolute atomic E-state index is 12.9. The molecule has 2 aromatic carbocycles. The van der Waals surface area contributed by atoms with Crippen LogP contribution in [-0.4, -0.2) is 29.1 Å². The molecular weight excluding hydrogens is 541 g/mol. The van der Waals surface area contributed by atoms with Gasteiger partial charge >= 0.3 is 5.97 Å². The van der Waals surface area contributed by atoms with Crippen LogP contribution >= 0.6 is 23.2 Å². The molecule has 10 heteroatoms. The Morgan fingerprint density at radius 3 is 2.59 bits per heavy atom. The zero-order valence-corrected chi connectivity index (χ0v) is 22.5. The second kappa shape index (κ2) is 10.4. The summed E-state index contributed by atoms with van der Waals surface area (Å²) in [6.07, 6.45) is 4.37. The summed E-state index contributed by atoms with van der Waals surface area (Å²) in [5.41, 5.74) is 4.03. The van der Waals surface area contributed by atoms with Gasteiger partial charge in [0.15, 0.2) is 0 Å². The number of rotatable bonds is 7. The van der Waals surface area contributed by atoms with Gasteiger partial charge in [-0.25, -0.2) is 9.78 Å². The van der Waals surface area contributed by atoms with Crippen molar-refractivity contribution in [3.63, 3.8) is 0 Å². The van der Waals surface area contributed by atoms with E-state index in [1.54, 1.807) is 35.2 Å². The first-order valence-electron chi connectivity index (χ1n) is 12.5. The maximum Gasteiger partial charge on any atom is 0.339 e. The van der Waals surface area contributed by atoms with Crippen LogP contribution in [0.3, 0.4) is 0 Å². The van der Waals surface area contributed by atoms with Crippen LogP contribution in [-0.2, 0) is 22.6 Å². The number of aryl methyl sites for hydroxylation is 1. The van der Waals surface area contributed by atoms with E-state index in [9.17, 15) is 9.59 Å². The van der Waals surface area contributed by atoms with Crippen LogP contribution in [0.2, 0.25) is 10.0 Å². The molecule has 2 aromatic heterocycles. The summed E-state index contributed by atoms with van der Waals surface area (Å²) in [4.78, 5) is 30.5. The highest BCUT2D eigenvalue weighted by Gasteiger charge is 2.34. The molecule has 0 saturated heterocycles. The predicted octanol–water partition coefficient (Wildman–Crippen LogP) is 6.90. The Bertz CT molecular complexity index is 1560. The number of anilines is 2. The Kier molecular flexibility index (Phi) is 6.74. The Morgan fingerprint density at radius 1 is 1.10 bits per heavy atom. The van der Waals surface area contributed by atoms with Crippen molar-refractivity contribution in [3.05, 3.63) is 87.2 Å². The number of methoxy groups -OCH3 is 1. The van der Waals surface area contributed by atoms with Crippen molar-refractivity contribution in [1.82, 2.24) is 10.1 Å². The fraction of sp³-hybridized carbons (Fsp3) is 0.241. The molecule has 8 nitrogen and oxygen atoms in total. The summed E-state index contributed by atoms with van der Waals surface area (Å²) in [6, 6.07) is 14.2. The van der Waals surface area contributed by atoms with Crippen molar-refractivity contribution in [2.45, 2.75) is 38.2 Å². The van der Waals surface area contributed by atoms with E-state index in [4.69, 9.17) is 37.2 Å². The third-order valence-corrected chi connectivity index (χ3v) is 7.53. The highest BCUT2D eigenvalue weighted by atomic mass is 35.5. The highest BCUT2D eigenvalue weighted by Crippen LogP contribution is 2.46. The molecule has 1 amide bonds. The molecule has 1 saturated carbocycles. The Balaban J connectivity index is 1.27. The molecule has 198 valence electrons. The molecule has 4 aromatic rings. The smallest absolute Gasteiger partial charge is 0.339 e. The molecule has 1 aliphatic heterocycles. The number of benzene rings is 2. The highest BCUT2D eigenvalue weighted by molar-refractivity contribution is 6.39. The van der Waals surface area contributed by atoms with Gasteiger partial charge in [0.2, 0.25) is 5.91 Å². The molecule has 6 rings (SSSR count). The van der Waals surface area contributed by atoms with Gasteiger partial charge < -0.3 is 14.0 Å². The number of fused-ring (bicyclic) bond motifs is 1. The minimum absolute atomic E-state index is 0.0747. The Morgan fingerprint density at radius 2 is 1.90 bits per heavy atom. The predicted molar refractivity (Wildman–Crippen MR) is 146 cm³/mol. The number of pyridine rings is 1. The van der Waals surface area contributed by atoms with Gasteiger partial charge in [-0.2, -0.15) is 0 Å². The van der Waals surface area contributed by atoms with Gasteiger partial charge in [0.25, 0.3) is 0 Å². The number of hydrogen-bond acceptors (Lipinski definition) is 7. The van der Waals surface area contributed by atoms with E-state index in [2.05, 4.69) is 10.1 Å². The summed E-state index contributed by atoms with van der Waals surface area (Å²) in [5.74, 6) is 1.64. The Hall–Kier alpha value is -3.88. The second-order valence-electron chi connectivity index (χ2n) is 9.45. The van der Waals surface area contributed by atoms with Gasteiger partial charge in [-0.3, -0.25) is 9.69 Å². The number of aromatic nitrogens is 2. The van der Waals surface area contributed by atoms with Crippen LogP contribution in [0.1, 0.15) is 52.4 Å². The Labute approximate surface area is 234 Å². The van der Waals surface area contributed by atoms with Crippen LogP contribution in [0.4, 0.5) is 11.5 Å². The summed E-state index contributed by atoms with van der Waals surface area (Å²) in [5, 5.41) is 5.31. The van der Waals surface area contributed by atoms with Gasteiger partial charge in [0, 0.05) is 24.1 Å². The fourth-order valence-corrected chi connectivity index (χ4v) is 5.35. The number of ether oxygens (including phenoxy) is 2. The molecule has 0 atom stereocenters. The molecule has 0 unspecified atom stereocenters. The van der Waals surface area contributed by atoms with Crippen molar-refractivity contribution in [1.29, 1.82) is 0 Å². The number of hydrogen-bond donors (Lipinski definition) is 0. The van der Waals surface area contributed by atoms with Crippen LogP contribution in [0.25, 0.3) is 11.3 Å². The maximum atomic E-state index is 12.9. The van der Waals surface area contributed by atoms with Gasteiger partial charge in [0.05, 0.1) is 34.0 Å².